The van der Waals surface area contributed by atoms with Crippen LogP contribution in [0.2, 0.25) is 0 Å². The molecule has 2 N–H and O–H groups in total. The first-order valence-electron chi connectivity index (χ1n) is 10.1. The Morgan fingerprint density at radius 3 is 2.39 bits per heavy atom. The molecule has 0 unspecified atom stereocenters. The standard InChI is InChI=1S/C24H25FN2O5S/c1-17-9-10-22(23(11-17)31-2)32-16-24(28)26-14-19-6-4-8-21(13-19)33(29,30)27-15-18-5-3-7-20(25)12-18/h3-13,27H,14-16H2,1-2H3,(H,26,28). The second-order valence-corrected chi connectivity index (χ2v) is 9.09. The van der Waals surface area contributed by atoms with E-state index in [0.29, 0.717) is 22.6 Å². The number of aryl methyl sites for hydroxylation is 1. The lowest BCUT2D eigenvalue weighted by Crippen LogP contribution is -2.28. The van der Waals surface area contributed by atoms with Gasteiger partial charge in [-0.3, -0.25) is 4.79 Å². The Balaban J connectivity index is 1.55. The minimum absolute atomic E-state index is 0.0408. The zero-order valence-corrected chi connectivity index (χ0v) is 19.1. The Hall–Kier alpha value is -3.43. The Bertz CT molecular complexity index is 1230. The average molecular weight is 473 g/mol. The molecule has 3 aromatic rings. The Labute approximate surface area is 192 Å². The summed E-state index contributed by atoms with van der Waals surface area (Å²) in [6, 6.07) is 17.3. The van der Waals surface area contributed by atoms with E-state index in [1.54, 1.807) is 24.3 Å². The molecule has 0 saturated carbocycles. The number of nitrogens with one attached hydrogen (secondary N) is 2. The van der Waals surface area contributed by atoms with Gasteiger partial charge in [0.15, 0.2) is 18.1 Å². The van der Waals surface area contributed by atoms with Crippen LogP contribution in [0, 0.1) is 12.7 Å². The largest absolute Gasteiger partial charge is 0.493 e. The van der Waals surface area contributed by atoms with Gasteiger partial charge in [0.2, 0.25) is 10.0 Å². The summed E-state index contributed by atoms with van der Waals surface area (Å²) in [5.41, 5.74) is 2.11. The number of carbonyl (C=O) groups is 1. The molecule has 33 heavy (non-hydrogen) atoms. The van der Waals surface area contributed by atoms with E-state index in [0.717, 1.165) is 5.56 Å². The van der Waals surface area contributed by atoms with Crippen LogP contribution in [-0.4, -0.2) is 28.0 Å². The lowest BCUT2D eigenvalue weighted by molar-refractivity contribution is -0.123. The minimum atomic E-state index is -3.81. The number of methoxy groups -OCH3 is 1. The summed E-state index contributed by atoms with van der Waals surface area (Å²) in [7, 11) is -2.29. The van der Waals surface area contributed by atoms with E-state index in [1.807, 2.05) is 19.1 Å². The zero-order chi connectivity index (χ0) is 23.8. The number of sulfonamides is 1. The van der Waals surface area contributed by atoms with Crippen LogP contribution in [0.3, 0.4) is 0 Å². The lowest BCUT2D eigenvalue weighted by atomic mass is 10.2. The fourth-order valence-electron chi connectivity index (χ4n) is 3.02. The van der Waals surface area contributed by atoms with Gasteiger partial charge in [0, 0.05) is 13.1 Å². The van der Waals surface area contributed by atoms with Crippen molar-refractivity contribution in [1.82, 2.24) is 10.0 Å². The molecule has 0 aliphatic carbocycles. The van der Waals surface area contributed by atoms with Crippen molar-refractivity contribution in [3.8, 4) is 11.5 Å². The molecule has 0 bridgehead atoms. The topological polar surface area (TPSA) is 93.7 Å². The van der Waals surface area contributed by atoms with Crippen molar-refractivity contribution >= 4 is 15.9 Å². The highest BCUT2D eigenvalue weighted by molar-refractivity contribution is 7.89. The molecule has 0 atom stereocenters. The first kappa shape index (κ1) is 24.2. The normalized spacial score (nSPS) is 11.1. The maximum Gasteiger partial charge on any atom is 0.258 e. The molecule has 0 fully saturated rings. The number of hydrogen-bond donors (Lipinski definition) is 2. The Morgan fingerprint density at radius 1 is 0.939 bits per heavy atom. The van der Waals surface area contributed by atoms with Crippen LogP contribution in [0.15, 0.2) is 71.6 Å². The molecule has 0 aliphatic rings. The van der Waals surface area contributed by atoms with Gasteiger partial charge < -0.3 is 14.8 Å². The molecule has 0 aromatic heterocycles. The van der Waals surface area contributed by atoms with Gasteiger partial charge in [-0.1, -0.05) is 30.3 Å². The van der Waals surface area contributed by atoms with Crippen molar-refractivity contribution < 1.29 is 27.1 Å². The van der Waals surface area contributed by atoms with Crippen molar-refractivity contribution in [2.45, 2.75) is 24.9 Å². The maximum absolute atomic E-state index is 13.3. The van der Waals surface area contributed by atoms with E-state index in [1.165, 1.54) is 37.4 Å². The number of rotatable bonds is 10. The van der Waals surface area contributed by atoms with E-state index < -0.39 is 15.8 Å². The van der Waals surface area contributed by atoms with Crippen LogP contribution in [0.5, 0.6) is 11.5 Å². The van der Waals surface area contributed by atoms with Gasteiger partial charge >= 0.3 is 0 Å². The molecule has 9 heteroatoms. The Kier molecular flexibility index (Phi) is 8.02. The SMILES string of the molecule is COc1cc(C)ccc1OCC(=O)NCc1cccc(S(=O)(=O)NCc2cccc(F)c2)c1. The molecule has 0 saturated heterocycles. The van der Waals surface area contributed by atoms with Crippen LogP contribution in [0.25, 0.3) is 0 Å². The summed E-state index contributed by atoms with van der Waals surface area (Å²) >= 11 is 0. The summed E-state index contributed by atoms with van der Waals surface area (Å²) in [5, 5.41) is 2.70. The number of halogens is 1. The quantitative estimate of drug-likeness (QED) is 0.472. The molecule has 1 amide bonds. The molecule has 3 rings (SSSR count). The first-order valence-corrected chi connectivity index (χ1v) is 11.6. The fraction of sp³-hybridized carbons (Fsp3) is 0.208. The van der Waals surface area contributed by atoms with Gasteiger partial charge in [-0.15, -0.1) is 0 Å². The number of hydrogen-bond acceptors (Lipinski definition) is 5. The van der Waals surface area contributed by atoms with Crippen LogP contribution in [0.1, 0.15) is 16.7 Å². The van der Waals surface area contributed by atoms with E-state index in [-0.39, 0.29) is 30.5 Å². The predicted molar refractivity (Wildman–Crippen MR) is 122 cm³/mol. The highest BCUT2D eigenvalue weighted by Gasteiger charge is 2.15. The van der Waals surface area contributed by atoms with Gasteiger partial charge in [0.25, 0.3) is 5.91 Å². The summed E-state index contributed by atoms with van der Waals surface area (Å²) in [6.07, 6.45) is 0. The average Bonchev–Trinajstić information content (AvgIpc) is 2.81. The van der Waals surface area contributed by atoms with Gasteiger partial charge in [0.05, 0.1) is 12.0 Å². The smallest absolute Gasteiger partial charge is 0.258 e. The zero-order valence-electron chi connectivity index (χ0n) is 18.3. The van der Waals surface area contributed by atoms with E-state index in [9.17, 15) is 17.6 Å². The molecule has 0 radical (unpaired) electrons. The Morgan fingerprint density at radius 2 is 1.67 bits per heavy atom. The van der Waals surface area contributed by atoms with Gasteiger partial charge in [-0.05, 0) is 60.0 Å². The molecule has 0 heterocycles. The molecule has 174 valence electrons. The van der Waals surface area contributed by atoms with E-state index >= 15 is 0 Å². The second-order valence-electron chi connectivity index (χ2n) is 7.32. The van der Waals surface area contributed by atoms with Crippen molar-refractivity contribution in [3.05, 3.63) is 89.2 Å². The van der Waals surface area contributed by atoms with Crippen molar-refractivity contribution in [2.75, 3.05) is 13.7 Å². The van der Waals surface area contributed by atoms with Crippen LogP contribution < -0.4 is 19.5 Å². The van der Waals surface area contributed by atoms with Crippen molar-refractivity contribution in [2.24, 2.45) is 0 Å². The molecule has 0 spiro atoms. The molecular weight excluding hydrogens is 447 g/mol. The summed E-state index contributed by atoms with van der Waals surface area (Å²) in [6.45, 7) is 1.79. The van der Waals surface area contributed by atoms with Gasteiger partial charge in [-0.25, -0.2) is 17.5 Å². The molecule has 7 nitrogen and oxygen atoms in total. The number of amides is 1. The van der Waals surface area contributed by atoms with Crippen LogP contribution >= 0.6 is 0 Å². The minimum Gasteiger partial charge on any atom is -0.493 e. The predicted octanol–water partition coefficient (Wildman–Crippen LogP) is 3.32. The lowest BCUT2D eigenvalue weighted by Gasteiger charge is -2.12. The number of benzene rings is 3. The van der Waals surface area contributed by atoms with Crippen molar-refractivity contribution in [1.29, 1.82) is 0 Å². The monoisotopic (exact) mass is 472 g/mol. The first-order chi connectivity index (χ1) is 15.8. The number of carbonyl (C=O) groups excluding carboxylic acids is 1. The highest BCUT2D eigenvalue weighted by Crippen LogP contribution is 2.27. The molecular formula is C24H25FN2O5S. The second kappa shape index (κ2) is 10.9. The van der Waals surface area contributed by atoms with Crippen LogP contribution in [-0.2, 0) is 27.9 Å². The third-order valence-electron chi connectivity index (χ3n) is 4.73. The third-order valence-corrected chi connectivity index (χ3v) is 6.13. The van der Waals surface area contributed by atoms with E-state index in [4.69, 9.17) is 9.47 Å². The maximum atomic E-state index is 13.3. The van der Waals surface area contributed by atoms with Gasteiger partial charge in [-0.2, -0.15) is 0 Å². The fourth-order valence-corrected chi connectivity index (χ4v) is 4.11. The number of ether oxygens (including phenoxy) is 2. The van der Waals surface area contributed by atoms with E-state index in [2.05, 4.69) is 10.0 Å². The molecule has 3 aromatic carbocycles. The third kappa shape index (κ3) is 7.03. The summed E-state index contributed by atoms with van der Waals surface area (Å²) < 4.78 is 51.7. The molecule has 0 aliphatic heterocycles. The van der Waals surface area contributed by atoms with Crippen LogP contribution in [0.4, 0.5) is 4.39 Å². The highest BCUT2D eigenvalue weighted by atomic mass is 32.2. The summed E-state index contributed by atoms with van der Waals surface area (Å²) in [5.74, 6) is 0.187. The summed E-state index contributed by atoms with van der Waals surface area (Å²) in [4.78, 5) is 12.2. The van der Waals surface area contributed by atoms with Crippen molar-refractivity contribution in [3.63, 3.8) is 0 Å². The van der Waals surface area contributed by atoms with Gasteiger partial charge in [0.1, 0.15) is 5.82 Å².